The van der Waals surface area contributed by atoms with E-state index in [1.54, 1.807) is 6.07 Å². The zero-order chi connectivity index (χ0) is 10.8. The summed E-state index contributed by atoms with van der Waals surface area (Å²) in [5.74, 6) is 0. The minimum Gasteiger partial charge on any atom is -0.346 e. The van der Waals surface area contributed by atoms with Crippen molar-refractivity contribution in [1.82, 2.24) is 0 Å². The van der Waals surface area contributed by atoms with E-state index < -0.39 is 11.2 Å². The maximum absolute atomic E-state index is 10.6. The number of non-ortho nitro benzene ring substituents is 1. The van der Waals surface area contributed by atoms with Crippen LogP contribution < -0.4 is 0 Å². The molecule has 2 rings (SSSR count). The number of nitro benzene ring substituents is 1. The fraction of sp³-hybridized carbons (Fsp3) is 0.333. The van der Waals surface area contributed by atoms with Crippen LogP contribution in [0.1, 0.15) is 11.9 Å². The maximum Gasteiger partial charge on any atom is 0.269 e. The van der Waals surface area contributed by atoms with Crippen molar-refractivity contribution < 1.29 is 14.4 Å². The molecule has 1 aromatic carbocycles. The van der Waals surface area contributed by atoms with Crippen molar-refractivity contribution in [2.24, 2.45) is 0 Å². The van der Waals surface area contributed by atoms with E-state index in [-0.39, 0.29) is 5.69 Å². The lowest BCUT2D eigenvalue weighted by Crippen LogP contribution is -2.00. The van der Waals surface area contributed by atoms with Gasteiger partial charge in [-0.1, -0.05) is 15.9 Å². The Hall–Kier alpha value is -0.980. The Labute approximate surface area is 94.3 Å². The van der Waals surface area contributed by atoms with Gasteiger partial charge in [0.1, 0.15) is 0 Å². The van der Waals surface area contributed by atoms with Gasteiger partial charge in [0.25, 0.3) is 5.69 Å². The lowest BCUT2D eigenvalue weighted by molar-refractivity contribution is -0.385. The van der Waals surface area contributed by atoms with E-state index >= 15 is 0 Å². The highest BCUT2D eigenvalue weighted by Crippen LogP contribution is 2.32. The van der Waals surface area contributed by atoms with Gasteiger partial charge in [-0.3, -0.25) is 10.1 Å². The molecule has 0 atom stereocenters. The van der Waals surface area contributed by atoms with E-state index in [4.69, 9.17) is 9.47 Å². The molecule has 5 nitrogen and oxygen atoms in total. The maximum atomic E-state index is 10.6. The van der Waals surface area contributed by atoms with Gasteiger partial charge in [0.05, 0.1) is 18.1 Å². The van der Waals surface area contributed by atoms with Crippen LogP contribution in [0.3, 0.4) is 0 Å². The molecule has 0 saturated carbocycles. The molecule has 0 aromatic heterocycles. The van der Waals surface area contributed by atoms with E-state index in [0.717, 1.165) is 4.47 Å². The Kier molecular flexibility index (Phi) is 2.99. The zero-order valence-corrected chi connectivity index (χ0v) is 9.27. The van der Waals surface area contributed by atoms with E-state index in [1.165, 1.54) is 12.1 Å². The standard InChI is InChI=1S/C9H8BrNO4/c10-8-2-1-6(11(12)13)5-7(8)9-14-3-4-15-9/h1-2,5,9H,3-4H2. The van der Waals surface area contributed by atoms with Gasteiger partial charge in [0.15, 0.2) is 6.29 Å². The summed E-state index contributed by atoms with van der Waals surface area (Å²) in [7, 11) is 0. The minimum absolute atomic E-state index is 0.0345. The molecule has 1 aromatic rings. The summed E-state index contributed by atoms with van der Waals surface area (Å²) in [4.78, 5) is 10.1. The Bertz CT molecular complexity index is 390. The zero-order valence-electron chi connectivity index (χ0n) is 7.68. The van der Waals surface area contributed by atoms with Crippen LogP contribution >= 0.6 is 15.9 Å². The number of rotatable bonds is 2. The molecule has 80 valence electrons. The molecule has 15 heavy (non-hydrogen) atoms. The molecule has 1 aliphatic rings. The van der Waals surface area contributed by atoms with Gasteiger partial charge in [0.2, 0.25) is 0 Å². The number of ether oxygens (including phenoxy) is 2. The molecule has 0 amide bonds. The van der Waals surface area contributed by atoms with Gasteiger partial charge in [0, 0.05) is 22.2 Å². The first-order valence-electron chi connectivity index (χ1n) is 4.35. The average molecular weight is 274 g/mol. The first-order valence-corrected chi connectivity index (χ1v) is 5.15. The second kappa shape index (κ2) is 4.26. The highest BCUT2D eigenvalue weighted by atomic mass is 79.9. The third-order valence-corrected chi connectivity index (χ3v) is 2.79. The highest BCUT2D eigenvalue weighted by molar-refractivity contribution is 9.10. The van der Waals surface area contributed by atoms with Crippen LogP contribution in [0.4, 0.5) is 5.69 Å². The summed E-state index contributed by atoms with van der Waals surface area (Å²) in [5.41, 5.74) is 0.689. The topological polar surface area (TPSA) is 61.6 Å². The monoisotopic (exact) mass is 273 g/mol. The molecule has 0 unspecified atom stereocenters. The van der Waals surface area contributed by atoms with Crippen LogP contribution in [0.5, 0.6) is 0 Å². The molecule has 1 aliphatic heterocycles. The third kappa shape index (κ3) is 2.17. The van der Waals surface area contributed by atoms with Gasteiger partial charge in [-0.2, -0.15) is 0 Å². The fourth-order valence-corrected chi connectivity index (χ4v) is 1.80. The first-order chi connectivity index (χ1) is 7.18. The van der Waals surface area contributed by atoms with E-state index in [9.17, 15) is 10.1 Å². The second-order valence-electron chi connectivity index (χ2n) is 3.04. The predicted octanol–water partition coefficient (Wildman–Crippen LogP) is 2.40. The van der Waals surface area contributed by atoms with Crippen LogP contribution in [0, 0.1) is 10.1 Å². The van der Waals surface area contributed by atoms with Crippen molar-refractivity contribution in [3.05, 3.63) is 38.3 Å². The molecular formula is C9H8BrNO4. The smallest absolute Gasteiger partial charge is 0.269 e. The summed E-state index contributed by atoms with van der Waals surface area (Å²) in [6.07, 6.45) is -0.501. The number of hydrogen-bond donors (Lipinski definition) is 0. The van der Waals surface area contributed by atoms with Gasteiger partial charge in [-0.15, -0.1) is 0 Å². The molecule has 1 heterocycles. The van der Waals surface area contributed by atoms with Gasteiger partial charge >= 0.3 is 0 Å². The summed E-state index contributed by atoms with van der Waals surface area (Å²) in [6.45, 7) is 1.03. The molecule has 0 spiro atoms. The van der Waals surface area contributed by atoms with E-state index in [2.05, 4.69) is 15.9 Å². The normalized spacial score (nSPS) is 16.9. The fourth-order valence-electron chi connectivity index (χ4n) is 1.36. The third-order valence-electron chi connectivity index (χ3n) is 2.07. The van der Waals surface area contributed by atoms with Gasteiger partial charge < -0.3 is 9.47 Å². The minimum atomic E-state index is -0.501. The van der Waals surface area contributed by atoms with Gasteiger partial charge in [-0.05, 0) is 6.07 Å². The largest absolute Gasteiger partial charge is 0.346 e. The molecule has 1 fully saturated rings. The SMILES string of the molecule is O=[N+]([O-])c1ccc(Br)c(C2OCCO2)c1. The lowest BCUT2D eigenvalue weighted by Gasteiger charge is -2.10. The van der Waals surface area contributed by atoms with Crippen LogP contribution in [0.15, 0.2) is 22.7 Å². The number of nitro groups is 1. The molecule has 0 bridgehead atoms. The Morgan fingerprint density at radius 1 is 1.40 bits per heavy atom. The molecule has 0 aliphatic carbocycles. The van der Waals surface area contributed by atoms with Gasteiger partial charge in [-0.25, -0.2) is 0 Å². The predicted molar refractivity (Wildman–Crippen MR) is 55.4 cm³/mol. The lowest BCUT2D eigenvalue weighted by atomic mass is 10.2. The van der Waals surface area contributed by atoms with Crippen molar-refractivity contribution in [2.75, 3.05) is 13.2 Å². The highest BCUT2D eigenvalue weighted by Gasteiger charge is 2.22. The average Bonchev–Trinajstić information content (AvgIpc) is 2.71. The first kappa shape index (κ1) is 10.5. The van der Waals surface area contributed by atoms with Crippen LogP contribution in [0.2, 0.25) is 0 Å². The summed E-state index contributed by atoms with van der Waals surface area (Å²) < 4.78 is 11.3. The molecule has 1 saturated heterocycles. The number of nitrogens with zero attached hydrogens (tertiary/aromatic N) is 1. The molecule has 0 radical (unpaired) electrons. The van der Waals surface area contributed by atoms with Crippen molar-refractivity contribution >= 4 is 21.6 Å². The van der Waals surface area contributed by atoms with E-state index in [0.29, 0.717) is 18.8 Å². The van der Waals surface area contributed by atoms with Crippen molar-refractivity contribution in [3.8, 4) is 0 Å². The summed E-state index contributed by atoms with van der Waals surface area (Å²) >= 11 is 3.31. The molecule has 6 heteroatoms. The van der Waals surface area contributed by atoms with Crippen LogP contribution in [0.25, 0.3) is 0 Å². The van der Waals surface area contributed by atoms with Crippen molar-refractivity contribution in [3.63, 3.8) is 0 Å². The van der Waals surface area contributed by atoms with Crippen LogP contribution in [-0.4, -0.2) is 18.1 Å². The Balaban J connectivity index is 2.35. The number of hydrogen-bond acceptors (Lipinski definition) is 4. The number of halogens is 1. The van der Waals surface area contributed by atoms with Crippen molar-refractivity contribution in [1.29, 1.82) is 0 Å². The Morgan fingerprint density at radius 3 is 2.67 bits per heavy atom. The molecule has 0 N–H and O–H groups in total. The summed E-state index contributed by atoms with van der Waals surface area (Å²) in [6, 6.07) is 4.51. The summed E-state index contributed by atoms with van der Waals surface area (Å²) in [5, 5.41) is 10.6. The van der Waals surface area contributed by atoms with Crippen molar-refractivity contribution in [2.45, 2.75) is 6.29 Å². The molecular weight excluding hydrogens is 266 g/mol. The quantitative estimate of drug-likeness (QED) is 0.613. The Morgan fingerprint density at radius 2 is 2.07 bits per heavy atom. The van der Waals surface area contributed by atoms with Crippen LogP contribution in [-0.2, 0) is 9.47 Å². The second-order valence-corrected chi connectivity index (χ2v) is 3.89. The number of benzene rings is 1. The van der Waals surface area contributed by atoms with E-state index in [1.807, 2.05) is 0 Å².